The van der Waals surface area contributed by atoms with Gasteiger partial charge in [0, 0.05) is 26.2 Å². The first-order valence-electron chi connectivity index (χ1n) is 5.43. The fraction of sp³-hybridized carbons (Fsp3) is 0.800. The van der Waals surface area contributed by atoms with E-state index in [1.165, 1.54) is 0 Å². The second-order valence-corrected chi connectivity index (χ2v) is 3.93. The molecular formula is C10H18N4O. The lowest BCUT2D eigenvalue weighted by atomic mass is 10.00. The first-order valence-corrected chi connectivity index (χ1v) is 5.43. The van der Waals surface area contributed by atoms with Gasteiger partial charge in [0.1, 0.15) is 5.82 Å². The van der Waals surface area contributed by atoms with Crippen molar-refractivity contribution < 1.29 is 4.74 Å². The van der Waals surface area contributed by atoms with Gasteiger partial charge in [-0.2, -0.15) is 5.10 Å². The van der Waals surface area contributed by atoms with Crippen LogP contribution in [-0.4, -0.2) is 35.0 Å². The smallest absolute Gasteiger partial charge is 0.164 e. The number of nitrogens with one attached hydrogen (secondary N) is 1. The minimum absolute atomic E-state index is 0.516. The molecule has 0 unspecified atom stereocenters. The molecule has 1 N–H and O–H groups in total. The van der Waals surface area contributed by atoms with Gasteiger partial charge in [0.15, 0.2) is 5.82 Å². The third kappa shape index (κ3) is 2.35. The standard InChI is InChI=1S/C10H18N4O/c1-11-7-9-12-10(14(2)13-9)8-3-5-15-6-4-8/h8,11H,3-7H2,1-2H3. The Labute approximate surface area is 89.8 Å². The highest BCUT2D eigenvalue weighted by Crippen LogP contribution is 2.24. The number of hydrogen-bond donors (Lipinski definition) is 1. The predicted molar refractivity (Wildman–Crippen MR) is 56.6 cm³/mol. The molecule has 5 nitrogen and oxygen atoms in total. The third-order valence-corrected chi connectivity index (χ3v) is 2.76. The van der Waals surface area contributed by atoms with E-state index in [1.54, 1.807) is 0 Å². The minimum atomic E-state index is 0.516. The van der Waals surface area contributed by atoms with Crippen molar-refractivity contribution in [3.8, 4) is 0 Å². The summed E-state index contributed by atoms with van der Waals surface area (Å²) < 4.78 is 7.25. The monoisotopic (exact) mass is 210 g/mol. The van der Waals surface area contributed by atoms with E-state index in [1.807, 2.05) is 18.8 Å². The molecule has 0 radical (unpaired) electrons. The SMILES string of the molecule is CNCc1nc(C2CCOCC2)n(C)n1. The first kappa shape index (κ1) is 10.6. The lowest BCUT2D eigenvalue weighted by molar-refractivity contribution is 0.0828. The van der Waals surface area contributed by atoms with E-state index in [2.05, 4.69) is 15.4 Å². The van der Waals surface area contributed by atoms with E-state index in [-0.39, 0.29) is 0 Å². The largest absolute Gasteiger partial charge is 0.381 e. The molecule has 0 bridgehead atoms. The Morgan fingerprint density at radius 2 is 2.20 bits per heavy atom. The zero-order valence-corrected chi connectivity index (χ0v) is 9.36. The van der Waals surface area contributed by atoms with E-state index < -0.39 is 0 Å². The molecule has 2 heterocycles. The van der Waals surface area contributed by atoms with Crippen molar-refractivity contribution in [3.05, 3.63) is 11.6 Å². The fourth-order valence-corrected chi connectivity index (χ4v) is 2.00. The third-order valence-electron chi connectivity index (χ3n) is 2.76. The molecule has 0 saturated carbocycles. The quantitative estimate of drug-likeness (QED) is 0.786. The molecule has 0 amide bonds. The Morgan fingerprint density at radius 1 is 1.47 bits per heavy atom. The maximum atomic E-state index is 5.35. The molecular weight excluding hydrogens is 192 g/mol. The Morgan fingerprint density at radius 3 is 2.87 bits per heavy atom. The summed E-state index contributed by atoms with van der Waals surface area (Å²) in [5.74, 6) is 2.49. The van der Waals surface area contributed by atoms with Crippen LogP contribution >= 0.6 is 0 Å². The molecule has 2 rings (SSSR count). The second kappa shape index (κ2) is 4.72. The van der Waals surface area contributed by atoms with Crippen LogP contribution < -0.4 is 5.32 Å². The molecule has 5 heteroatoms. The normalized spacial score (nSPS) is 18.3. The van der Waals surface area contributed by atoms with Crippen LogP contribution in [0.2, 0.25) is 0 Å². The number of nitrogens with zero attached hydrogens (tertiary/aromatic N) is 3. The topological polar surface area (TPSA) is 52.0 Å². The molecule has 15 heavy (non-hydrogen) atoms. The summed E-state index contributed by atoms with van der Waals surface area (Å²) >= 11 is 0. The van der Waals surface area contributed by atoms with Gasteiger partial charge in [0.25, 0.3) is 0 Å². The van der Waals surface area contributed by atoms with Crippen LogP contribution in [0.25, 0.3) is 0 Å². The molecule has 0 aliphatic carbocycles. The Balaban J connectivity index is 2.11. The summed E-state index contributed by atoms with van der Waals surface area (Å²) in [6.07, 6.45) is 2.12. The highest BCUT2D eigenvalue weighted by Gasteiger charge is 2.21. The molecule has 0 aromatic carbocycles. The van der Waals surface area contributed by atoms with Gasteiger partial charge in [-0.05, 0) is 19.9 Å². The van der Waals surface area contributed by atoms with Crippen molar-refractivity contribution in [1.29, 1.82) is 0 Å². The van der Waals surface area contributed by atoms with Gasteiger partial charge in [-0.1, -0.05) is 0 Å². The molecule has 1 aliphatic heterocycles. The summed E-state index contributed by atoms with van der Waals surface area (Å²) in [5, 5.41) is 7.44. The maximum Gasteiger partial charge on any atom is 0.164 e. The van der Waals surface area contributed by atoms with Crippen molar-refractivity contribution in [2.24, 2.45) is 7.05 Å². The number of rotatable bonds is 3. The van der Waals surface area contributed by atoms with Crippen LogP contribution in [0.1, 0.15) is 30.4 Å². The van der Waals surface area contributed by atoms with E-state index in [4.69, 9.17) is 4.74 Å². The van der Waals surface area contributed by atoms with Crippen LogP contribution in [0, 0.1) is 0 Å². The van der Waals surface area contributed by atoms with Gasteiger partial charge in [-0.3, -0.25) is 4.68 Å². The zero-order chi connectivity index (χ0) is 10.7. The molecule has 84 valence electrons. The Bertz CT molecular complexity index is 317. The Kier molecular flexibility index (Phi) is 3.33. The lowest BCUT2D eigenvalue weighted by Crippen LogP contribution is -2.17. The zero-order valence-electron chi connectivity index (χ0n) is 9.36. The van der Waals surface area contributed by atoms with Crippen LogP contribution in [0.3, 0.4) is 0 Å². The van der Waals surface area contributed by atoms with Crippen LogP contribution in [0.4, 0.5) is 0 Å². The van der Waals surface area contributed by atoms with Gasteiger partial charge >= 0.3 is 0 Å². The Hall–Kier alpha value is -0.940. The van der Waals surface area contributed by atoms with Crippen LogP contribution in [0.15, 0.2) is 0 Å². The minimum Gasteiger partial charge on any atom is -0.381 e. The van der Waals surface area contributed by atoms with Crippen LogP contribution in [0.5, 0.6) is 0 Å². The molecule has 1 aromatic rings. The number of aryl methyl sites for hydroxylation is 1. The highest BCUT2D eigenvalue weighted by molar-refractivity contribution is 5.00. The second-order valence-electron chi connectivity index (χ2n) is 3.93. The van der Waals surface area contributed by atoms with Crippen molar-refractivity contribution >= 4 is 0 Å². The van der Waals surface area contributed by atoms with Crippen molar-refractivity contribution in [3.63, 3.8) is 0 Å². The summed E-state index contributed by atoms with van der Waals surface area (Å²) in [6.45, 7) is 2.43. The average Bonchev–Trinajstić information content (AvgIpc) is 2.61. The van der Waals surface area contributed by atoms with E-state index in [0.29, 0.717) is 5.92 Å². The summed E-state index contributed by atoms with van der Waals surface area (Å²) in [5.41, 5.74) is 0. The maximum absolute atomic E-state index is 5.35. The van der Waals surface area contributed by atoms with Gasteiger partial charge in [-0.25, -0.2) is 4.98 Å². The number of aromatic nitrogens is 3. The molecule has 1 saturated heterocycles. The average molecular weight is 210 g/mol. The van der Waals surface area contributed by atoms with E-state index in [0.717, 1.165) is 44.2 Å². The van der Waals surface area contributed by atoms with E-state index in [9.17, 15) is 0 Å². The molecule has 1 fully saturated rings. The van der Waals surface area contributed by atoms with Gasteiger partial charge in [0.2, 0.25) is 0 Å². The molecule has 1 aromatic heterocycles. The van der Waals surface area contributed by atoms with Gasteiger partial charge in [-0.15, -0.1) is 0 Å². The molecule has 0 spiro atoms. The van der Waals surface area contributed by atoms with Gasteiger partial charge < -0.3 is 10.1 Å². The predicted octanol–water partition coefficient (Wildman–Crippen LogP) is 0.428. The highest BCUT2D eigenvalue weighted by atomic mass is 16.5. The summed E-state index contributed by atoms with van der Waals surface area (Å²) in [4.78, 5) is 4.56. The van der Waals surface area contributed by atoms with Crippen molar-refractivity contribution in [1.82, 2.24) is 20.1 Å². The summed E-state index contributed by atoms with van der Waals surface area (Å²) in [7, 11) is 3.88. The van der Waals surface area contributed by atoms with Gasteiger partial charge in [0.05, 0.1) is 6.54 Å². The van der Waals surface area contributed by atoms with Crippen molar-refractivity contribution in [2.45, 2.75) is 25.3 Å². The van der Waals surface area contributed by atoms with E-state index >= 15 is 0 Å². The van der Waals surface area contributed by atoms with Crippen LogP contribution in [-0.2, 0) is 18.3 Å². The fourth-order valence-electron chi connectivity index (χ4n) is 2.00. The first-order chi connectivity index (χ1) is 7.31. The number of hydrogen-bond acceptors (Lipinski definition) is 4. The molecule has 0 atom stereocenters. The lowest BCUT2D eigenvalue weighted by Gasteiger charge is -2.20. The number of ether oxygens (including phenoxy) is 1. The molecule has 1 aliphatic rings. The summed E-state index contributed by atoms with van der Waals surface area (Å²) in [6, 6.07) is 0. The van der Waals surface area contributed by atoms with Crippen molar-refractivity contribution in [2.75, 3.05) is 20.3 Å².